The molecule has 10 heteroatoms. The molecule has 0 aromatic heterocycles. The van der Waals surface area contributed by atoms with Crippen LogP contribution in [-0.2, 0) is 4.43 Å². The van der Waals surface area contributed by atoms with Crippen molar-refractivity contribution in [2.24, 2.45) is 0 Å². The maximum atomic E-state index is 7.74. The Morgan fingerprint density at radius 2 is 0.804 bits per heavy atom. The Labute approximate surface area is 352 Å². The number of hydrogen-bond donors (Lipinski definition) is 0. The molecular formula is C46H88O5Si5. The second-order valence-corrected chi connectivity index (χ2v) is 48.1. The minimum absolute atomic E-state index is 0.00870. The van der Waals surface area contributed by atoms with Gasteiger partial charge in [-0.3, -0.25) is 0 Å². The third kappa shape index (κ3) is 11.5. The highest BCUT2D eigenvalue weighted by Gasteiger charge is 2.47. The molecule has 322 valence electrons. The maximum absolute atomic E-state index is 7.74. The number of rotatable bonds is 13. The number of allylic oxidation sites excluding steroid dienone is 1. The van der Waals surface area contributed by atoms with Crippen LogP contribution in [0.25, 0.3) is 10.8 Å². The van der Waals surface area contributed by atoms with E-state index >= 15 is 0 Å². The van der Waals surface area contributed by atoms with Crippen LogP contribution >= 0.6 is 0 Å². The minimum Gasteiger partial charge on any atom is -0.543 e. The first kappa shape index (κ1) is 50.8. The number of benzene rings is 2. The normalized spacial score (nSPS) is 15.1. The lowest BCUT2D eigenvalue weighted by molar-refractivity contribution is 0.184. The Morgan fingerprint density at radius 1 is 0.482 bits per heavy atom. The monoisotopic (exact) mass is 861 g/mol. The van der Waals surface area contributed by atoms with Gasteiger partial charge in [0.2, 0.25) is 0 Å². The maximum Gasteiger partial charge on any atom is 0.250 e. The molecule has 0 spiro atoms. The molecule has 0 saturated heterocycles. The molecule has 0 aliphatic carbocycles. The Balaban J connectivity index is 3.58. The van der Waals surface area contributed by atoms with Crippen LogP contribution in [0.4, 0.5) is 0 Å². The molecule has 0 bridgehead atoms. The summed E-state index contributed by atoms with van der Waals surface area (Å²) in [6.45, 7) is 62.5. The minimum atomic E-state index is -2.45. The van der Waals surface area contributed by atoms with E-state index in [2.05, 4.69) is 207 Å². The van der Waals surface area contributed by atoms with Crippen LogP contribution in [0.5, 0.6) is 23.0 Å². The van der Waals surface area contributed by atoms with Gasteiger partial charge in [-0.05, 0) is 129 Å². The largest absolute Gasteiger partial charge is 0.543 e. The first-order chi connectivity index (χ1) is 24.5. The van der Waals surface area contributed by atoms with Crippen molar-refractivity contribution in [3.63, 3.8) is 0 Å². The van der Waals surface area contributed by atoms with Crippen LogP contribution in [0.2, 0.25) is 90.7 Å². The smallest absolute Gasteiger partial charge is 0.250 e. The van der Waals surface area contributed by atoms with E-state index in [-0.39, 0.29) is 31.3 Å². The molecule has 0 radical (unpaired) electrons. The van der Waals surface area contributed by atoms with Gasteiger partial charge in [-0.15, -0.1) is 0 Å². The second kappa shape index (κ2) is 16.3. The second-order valence-electron chi connectivity index (χ2n) is 24.4. The van der Waals surface area contributed by atoms with Gasteiger partial charge < -0.3 is 22.1 Å². The molecule has 0 heterocycles. The summed E-state index contributed by atoms with van der Waals surface area (Å²) in [4.78, 5) is 0. The third-order valence-corrected chi connectivity index (χ3v) is 36.0. The predicted molar refractivity (Wildman–Crippen MR) is 260 cm³/mol. The number of fused-ring (bicyclic) bond motifs is 1. The molecule has 56 heavy (non-hydrogen) atoms. The lowest BCUT2D eigenvalue weighted by Crippen LogP contribution is -2.46. The molecule has 0 saturated carbocycles. The fraction of sp³-hybridized carbons (Fsp3) is 0.739. The van der Waals surface area contributed by atoms with E-state index in [4.69, 9.17) is 22.1 Å². The molecule has 5 nitrogen and oxygen atoms in total. The molecule has 0 amide bonds. The Bertz CT molecular complexity index is 1720. The highest BCUT2D eigenvalue weighted by molar-refractivity contribution is 6.77. The van der Waals surface area contributed by atoms with Gasteiger partial charge in [-0.25, -0.2) is 0 Å². The van der Waals surface area contributed by atoms with Gasteiger partial charge in [0.1, 0.15) is 23.0 Å². The molecular weight excluding hydrogens is 773 g/mol. The van der Waals surface area contributed by atoms with E-state index in [1.807, 2.05) is 0 Å². The summed E-state index contributed by atoms with van der Waals surface area (Å²) in [5.41, 5.74) is 2.31. The fourth-order valence-electron chi connectivity index (χ4n) is 4.86. The van der Waals surface area contributed by atoms with Gasteiger partial charge in [0.25, 0.3) is 33.3 Å². The van der Waals surface area contributed by atoms with E-state index in [1.165, 1.54) is 5.57 Å². The summed E-state index contributed by atoms with van der Waals surface area (Å²) >= 11 is 0. The van der Waals surface area contributed by atoms with Crippen molar-refractivity contribution < 1.29 is 22.1 Å². The average Bonchev–Trinajstić information content (AvgIpc) is 2.93. The summed E-state index contributed by atoms with van der Waals surface area (Å²) in [5.74, 6) is 3.41. The van der Waals surface area contributed by atoms with Crippen molar-refractivity contribution in [2.45, 2.75) is 221 Å². The van der Waals surface area contributed by atoms with E-state index in [0.717, 1.165) is 45.8 Å². The van der Waals surface area contributed by atoms with Crippen molar-refractivity contribution >= 4 is 52.4 Å². The molecule has 0 aliphatic rings. The lowest BCUT2D eigenvalue weighted by Gasteiger charge is -2.43. The van der Waals surface area contributed by atoms with Crippen molar-refractivity contribution in [3.05, 3.63) is 35.4 Å². The highest BCUT2D eigenvalue weighted by atomic mass is 28.4. The van der Waals surface area contributed by atoms with E-state index in [0.29, 0.717) is 0 Å². The topological polar surface area (TPSA) is 46.2 Å². The molecule has 0 N–H and O–H groups in total. The van der Waals surface area contributed by atoms with Gasteiger partial charge >= 0.3 is 0 Å². The first-order valence-corrected chi connectivity index (χ1v) is 35.7. The van der Waals surface area contributed by atoms with Gasteiger partial charge in [0.05, 0.1) is 16.9 Å². The van der Waals surface area contributed by atoms with Crippen LogP contribution in [0.1, 0.15) is 136 Å². The molecule has 1 atom stereocenters. The Hall–Kier alpha value is -1.32. The van der Waals surface area contributed by atoms with Crippen molar-refractivity contribution in [2.75, 3.05) is 0 Å². The summed E-state index contributed by atoms with van der Waals surface area (Å²) in [6.07, 6.45) is 2.80. The Morgan fingerprint density at radius 3 is 1.14 bits per heavy atom. The van der Waals surface area contributed by atoms with Crippen LogP contribution in [0, 0.1) is 0 Å². The molecule has 1 unspecified atom stereocenters. The van der Waals surface area contributed by atoms with Crippen LogP contribution < -0.4 is 17.7 Å². The van der Waals surface area contributed by atoms with Crippen LogP contribution in [-0.4, -0.2) is 41.6 Å². The van der Waals surface area contributed by atoms with Crippen molar-refractivity contribution in [1.82, 2.24) is 0 Å². The van der Waals surface area contributed by atoms with E-state index in [9.17, 15) is 0 Å². The van der Waals surface area contributed by atoms with Crippen LogP contribution in [0.3, 0.4) is 0 Å². The van der Waals surface area contributed by atoms with E-state index < -0.39 is 41.6 Å². The van der Waals surface area contributed by atoms with E-state index in [1.54, 1.807) is 0 Å². The summed E-state index contributed by atoms with van der Waals surface area (Å²) < 4.78 is 37.7. The average molecular weight is 862 g/mol. The number of hydrogen-bond acceptors (Lipinski definition) is 5. The third-order valence-electron chi connectivity index (χ3n) is 14.2. The van der Waals surface area contributed by atoms with Crippen molar-refractivity contribution in [1.29, 1.82) is 0 Å². The van der Waals surface area contributed by atoms with Crippen LogP contribution in [0.15, 0.2) is 29.8 Å². The standard InChI is InChI=1S/C46H88O5Si5/c1-33(2)28-29-35(47-52(18,19)42(3,4)5)34-32-38(50-55(24,25)45(12,13)14)39-36(48-53(20,21)43(6,7)8)30-31-37(49-54(22,23)44(9,10)11)40(39)41(34)51-56(26,27)46(15,16)17/h28,30-32,35H,29H2,1-27H3. The molecule has 2 rings (SSSR count). The molecule has 2 aromatic rings. The van der Waals surface area contributed by atoms with Gasteiger partial charge in [0, 0.05) is 5.56 Å². The molecule has 0 aliphatic heterocycles. The zero-order chi connectivity index (χ0) is 44.3. The summed E-state index contributed by atoms with van der Waals surface area (Å²) in [5, 5.41) is 1.80. The summed E-state index contributed by atoms with van der Waals surface area (Å²) in [7, 11) is -11.8. The van der Waals surface area contributed by atoms with Crippen molar-refractivity contribution in [3.8, 4) is 23.0 Å². The quantitative estimate of drug-likeness (QED) is 0.148. The predicted octanol–water partition coefficient (Wildman–Crippen LogP) is 16.8. The lowest BCUT2D eigenvalue weighted by atomic mass is 9.97. The Kier molecular flexibility index (Phi) is 14.8. The summed E-state index contributed by atoms with van der Waals surface area (Å²) in [6, 6.07) is 6.63. The highest BCUT2D eigenvalue weighted by Crippen LogP contribution is 2.55. The van der Waals surface area contributed by atoms with Gasteiger partial charge in [0.15, 0.2) is 8.32 Å². The SMILES string of the molecule is CC(C)=CCC(O[Si](C)(C)C(C)(C)C)c1cc(O[Si](C)(C)C(C)(C)C)c2c(O[Si](C)(C)C(C)(C)C)ccc(O[Si](C)(C)C(C)(C)C)c2c1O[Si](C)(C)C(C)(C)C. The first-order valence-electron chi connectivity index (χ1n) is 21.2. The van der Waals surface area contributed by atoms with Gasteiger partial charge in [-0.1, -0.05) is 116 Å². The van der Waals surface area contributed by atoms with Gasteiger partial charge in [-0.2, -0.15) is 0 Å². The molecule has 0 fully saturated rings. The zero-order valence-electron chi connectivity index (χ0n) is 41.6. The fourth-order valence-corrected chi connectivity index (χ4v) is 10.3. The molecule has 2 aromatic carbocycles. The zero-order valence-corrected chi connectivity index (χ0v) is 46.6.